The second kappa shape index (κ2) is 6.47. The normalized spacial score (nSPS) is 22.9. The number of Topliss-reactive ketones (excluding diaryl/α,β-unsaturated/α-hetero) is 1. The van der Waals surface area contributed by atoms with E-state index < -0.39 is 10.0 Å². The predicted octanol–water partition coefficient (Wildman–Crippen LogP) is 0.654. The number of rotatable bonds is 6. The fourth-order valence-electron chi connectivity index (χ4n) is 2.00. The van der Waals surface area contributed by atoms with Gasteiger partial charge in [0.2, 0.25) is 10.0 Å². The van der Waals surface area contributed by atoms with Crippen molar-refractivity contribution in [2.75, 3.05) is 32.6 Å². The number of carbonyl (C=O) groups is 1. The van der Waals surface area contributed by atoms with Gasteiger partial charge >= 0.3 is 0 Å². The van der Waals surface area contributed by atoms with E-state index >= 15 is 0 Å². The number of hydrogen-bond acceptors (Lipinski definition) is 4. The maximum atomic E-state index is 12.0. The van der Waals surface area contributed by atoms with Crippen LogP contribution in [0.3, 0.4) is 0 Å². The Kier molecular flexibility index (Phi) is 5.55. The van der Waals surface area contributed by atoms with E-state index in [1.165, 1.54) is 4.31 Å². The van der Waals surface area contributed by atoms with Crippen molar-refractivity contribution in [3.05, 3.63) is 0 Å². The average molecular weight is 263 g/mol. The minimum absolute atomic E-state index is 0.103. The van der Waals surface area contributed by atoms with Crippen LogP contribution < -0.4 is 0 Å². The summed E-state index contributed by atoms with van der Waals surface area (Å²) in [5, 5.41) is 0. The summed E-state index contributed by atoms with van der Waals surface area (Å²) in [7, 11) is -1.67. The van der Waals surface area contributed by atoms with Gasteiger partial charge in [-0.1, -0.05) is 6.92 Å². The van der Waals surface area contributed by atoms with Gasteiger partial charge in [-0.2, -0.15) is 0 Å². The Balaban J connectivity index is 2.57. The van der Waals surface area contributed by atoms with Crippen LogP contribution in [0.1, 0.15) is 26.2 Å². The summed E-state index contributed by atoms with van der Waals surface area (Å²) in [5.41, 5.74) is 0. The lowest BCUT2D eigenvalue weighted by molar-refractivity contribution is -0.125. The monoisotopic (exact) mass is 263 g/mol. The summed E-state index contributed by atoms with van der Waals surface area (Å²) < 4.78 is 30.3. The van der Waals surface area contributed by atoms with Gasteiger partial charge < -0.3 is 4.74 Å². The molecular formula is C11H21NO4S. The third kappa shape index (κ3) is 4.04. The van der Waals surface area contributed by atoms with E-state index in [1.807, 2.05) is 6.92 Å². The summed E-state index contributed by atoms with van der Waals surface area (Å²) in [6.45, 7) is 3.06. The van der Waals surface area contributed by atoms with E-state index in [9.17, 15) is 13.2 Å². The van der Waals surface area contributed by atoms with E-state index in [2.05, 4.69) is 0 Å². The lowest BCUT2D eigenvalue weighted by Crippen LogP contribution is -2.44. The molecule has 1 rings (SSSR count). The second-order valence-electron chi connectivity index (χ2n) is 4.34. The van der Waals surface area contributed by atoms with Gasteiger partial charge in [0.1, 0.15) is 5.78 Å². The maximum absolute atomic E-state index is 12.0. The van der Waals surface area contributed by atoms with Gasteiger partial charge in [-0.3, -0.25) is 4.79 Å². The molecule has 1 heterocycles. The Morgan fingerprint density at radius 2 is 2.18 bits per heavy atom. The van der Waals surface area contributed by atoms with Gasteiger partial charge in [-0.05, 0) is 12.8 Å². The molecule has 0 bridgehead atoms. The van der Waals surface area contributed by atoms with Crippen LogP contribution in [0.15, 0.2) is 0 Å². The van der Waals surface area contributed by atoms with Crippen molar-refractivity contribution in [3.63, 3.8) is 0 Å². The second-order valence-corrected chi connectivity index (χ2v) is 6.43. The molecule has 6 heteroatoms. The quantitative estimate of drug-likeness (QED) is 0.660. The zero-order chi connectivity index (χ0) is 12.9. The van der Waals surface area contributed by atoms with Crippen LogP contribution in [0, 0.1) is 5.92 Å². The van der Waals surface area contributed by atoms with Crippen molar-refractivity contribution in [3.8, 4) is 0 Å². The summed E-state index contributed by atoms with van der Waals surface area (Å²) in [6, 6.07) is 0. The first-order chi connectivity index (χ1) is 8.01. The van der Waals surface area contributed by atoms with Crippen molar-refractivity contribution in [1.82, 2.24) is 4.31 Å². The molecule has 0 saturated carbocycles. The fourth-order valence-corrected chi connectivity index (χ4v) is 3.52. The largest absolute Gasteiger partial charge is 0.385 e. The molecule has 100 valence electrons. The van der Waals surface area contributed by atoms with Crippen LogP contribution in [-0.4, -0.2) is 51.1 Å². The van der Waals surface area contributed by atoms with Gasteiger partial charge in [-0.25, -0.2) is 12.7 Å². The molecule has 1 atom stereocenters. The molecule has 1 aliphatic heterocycles. The van der Waals surface area contributed by atoms with Crippen LogP contribution in [0.4, 0.5) is 0 Å². The molecular weight excluding hydrogens is 242 g/mol. The highest BCUT2D eigenvalue weighted by Gasteiger charge is 2.32. The number of methoxy groups -OCH3 is 1. The predicted molar refractivity (Wildman–Crippen MR) is 65.3 cm³/mol. The van der Waals surface area contributed by atoms with Gasteiger partial charge in [0.05, 0.1) is 5.75 Å². The van der Waals surface area contributed by atoms with E-state index in [0.717, 1.165) is 0 Å². The fraction of sp³-hybridized carbons (Fsp3) is 0.909. The number of ketones is 1. The first-order valence-corrected chi connectivity index (χ1v) is 7.61. The maximum Gasteiger partial charge on any atom is 0.214 e. The SMILES string of the molecule is CCC1CN(S(=O)(=O)CCCOC)CCC1=O. The Bertz CT molecular complexity index is 352. The third-order valence-electron chi connectivity index (χ3n) is 3.12. The minimum atomic E-state index is -3.22. The Labute approximate surface area is 103 Å². The van der Waals surface area contributed by atoms with Gasteiger partial charge in [0, 0.05) is 39.1 Å². The van der Waals surface area contributed by atoms with E-state index in [0.29, 0.717) is 39.0 Å². The van der Waals surface area contributed by atoms with Gasteiger partial charge in [0.15, 0.2) is 0 Å². The topological polar surface area (TPSA) is 63.7 Å². The average Bonchev–Trinajstić information content (AvgIpc) is 2.29. The zero-order valence-corrected chi connectivity index (χ0v) is 11.3. The molecule has 17 heavy (non-hydrogen) atoms. The highest BCUT2D eigenvalue weighted by Crippen LogP contribution is 2.19. The van der Waals surface area contributed by atoms with Crippen LogP contribution >= 0.6 is 0 Å². The standard InChI is InChI=1S/C11H21NO4S/c1-3-10-9-12(6-5-11(10)13)17(14,15)8-4-7-16-2/h10H,3-9H2,1-2H3. The van der Waals surface area contributed by atoms with E-state index in [1.54, 1.807) is 7.11 Å². The Hall–Kier alpha value is -0.460. The van der Waals surface area contributed by atoms with Crippen LogP contribution in [0.2, 0.25) is 0 Å². The molecule has 0 N–H and O–H groups in total. The molecule has 0 aliphatic carbocycles. The van der Waals surface area contributed by atoms with Crippen molar-refractivity contribution < 1.29 is 17.9 Å². The first kappa shape index (κ1) is 14.6. The molecule has 0 aromatic heterocycles. The Morgan fingerprint density at radius 1 is 1.47 bits per heavy atom. The molecule has 1 saturated heterocycles. The summed E-state index contributed by atoms with van der Waals surface area (Å²) in [5.74, 6) is 0.169. The zero-order valence-electron chi connectivity index (χ0n) is 10.5. The van der Waals surface area contributed by atoms with E-state index in [-0.39, 0.29) is 17.5 Å². The highest BCUT2D eigenvalue weighted by atomic mass is 32.2. The lowest BCUT2D eigenvalue weighted by atomic mass is 9.96. The minimum Gasteiger partial charge on any atom is -0.385 e. The lowest BCUT2D eigenvalue weighted by Gasteiger charge is -2.30. The molecule has 0 radical (unpaired) electrons. The molecule has 0 amide bonds. The molecule has 0 aromatic rings. The third-order valence-corrected chi connectivity index (χ3v) is 5.05. The number of hydrogen-bond donors (Lipinski definition) is 0. The first-order valence-electron chi connectivity index (χ1n) is 6.00. The number of sulfonamides is 1. The smallest absolute Gasteiger partial charge is 0.214 e. The highest BCUT2D eigenvalue weighted by molar-refractivity contribution is 7.89. The summed E-state index contributed by atoms with van der Waals surface area (Å²) in [4.78, 5) is 11.5. The van der Waals surface area contributed by atoms with Crippen molar-refractivity contribution >= 4 is 15.8 Å². The molecule has 1 aliphatic rings. The van der Waals surface area contributed by atoms with Crippen LogP contribution in [0.5, 0.6) is 0 Å². The number of nitrogens with zero attached hydrogens (tertiary/aromatic N) is 1. The van der Waals surface area contributed by atoms with Gasteiger partial charge in [0.25, 0.3) is 0 Å². The van der Waals surface area contributed by atoms with Gasteiger partial charge in [-0.15, -0.1) is 0 Å². The van der Waals surface area contributed by atoms with Crippen LogP contribution in [0.25, 0.3) is 0 Å². The summed E-state index contributed by atoms with van der Waals surface area (Å²) >= 11 is 0. The number of ether oxygens (including phenoxy) is 1. The summed E-state index contributed by atoms with van der Waals surface area (Å²) in [6.07, 6.45) is 1.56. The molecule has 5 nitrogen and oxygen atoms in total. The van der Waals surface area contributed by atoms with Crippen molar-refractivity contribution in [2.45, 2.75) is 26.2 Å². The molecule has 0 spiro atoms. The Morgan fingerprint density at radius 3 is 2.76 bits per heavy atom. The van der Waals surface area contributed by atoms with Crippen molar-refractivity contribution in [1.29, 1.82) is 0 Å². The molecule has 1 unspecified atom stereocenters. The molecule has 1 fully saturated rings. The van der Waals surface area contributed by atoms with Crippen LogP contribution in [-0.2, 0) is 19.6 Å². The van der Waals surface area contributed by atoms with Crippen molar-refractivity contribution in [2.24, 2.45) is 5.92 Å². The number of piperidine rings is 1. The van der Waals surface area contributed by atoms with E-state index in [4.69, 9.17) is 4.74 Å². The molecule has 0 aromatic carbocycles. The number of carbonyl (C=O) groups excluding carboxylic acids is 1.